The highest BCUT2D eigenvalue weighted by Crippen LogP contribution is 2.18. The molecule has 0 aliphatic carbocycles. The molecule has 0 bridgehead atoms. The van der Waals surface area contributed by atoms with Crippen molar-refractivity contribution in [1.82, 2.24) is 19.4 Å². The third-order valence-corrected chi connectivity index (χ3v) is 4.42. The number of carbonyl (C=O) groups is 1. The van der Waals surface area contributed by atoms with Crippen LogP contribution in [0.2, 0.25) is 0 Å². The highest BCUT2D eigenvalue weighted by molar-refractivity contribution is 5.91. The Morgan fingerprint density at radius 3 is 2.68 bits per heavy atom. The largest absolute Gasteiger partial charge is 0.433 e. The van der Waals surface area contributed by atoms with Gasteiger partial charge in [0.2, 0.25) is 0 Å². The number of amides is 1. The summed E-state index contributed by atoms with van der Waals surface area (Å²) in [5.41, 5.74) is 0. The van der Waals surface area contributed by atoms with Crippen LogP contribution in [0.15, 0.2) is 28.9 Å². The summed E-state index contributed by atoms with van der Waals surface area (Å²) in [4.78, 5) is 30.6. The average Bonchev–Trinajstić information content (AvgIpc) is 3.29. The molecule has 0 N–H and O–H groups in total. The van der Waals surface area contributed by atoms with Crippen molar-refractivity contribution in [3.8, 4) is 0 Å². The number of hydrogen-bond acceptors (Lipinski definition) is 6. The molecule has 2 aromatic rings. The number of aryl methyl sites for hydroxylation is 1. The SMILES string of the molecule is CCc1nccn1CCN1CCN(C(=O)c2ccc([N+](=O)[O-])o2)CC1. The fraction of sp³-hybridized carbons (Fsp3) is 0.500. The monoisotopic (exact) mass is 347 g/mol. The van der Waals surface area contributed by atoms with Gasteiger partial charge in [-0.25, -0.2) is 4.98 Å². The van der Waals surface area contributed by atoms with Crippen LogP contribution in [0.4, 0.5) is 5.88 Å². The van der Waals surface area contributed by atoms with E-state index in [-0.39, 0.29) is 11.7 Å². The van der Waals surface area contributed by atoms with Crippen LogP contribution in [-0.4, -0.2) is 62.9 Å². The van der Waals surface area contributed by atoms with Gasteiger partial charge in [-0.3, -0.25) is 19.8 Å². The third-order valence-electron chi connectivity index (χ3n) is 4.42. The molecular weight excluding hydrogens is 326 g/mol. The lowest BCUT2D eigenvalue weighted by Crippen LogP contribution is -2.49. The van der Waals surface area contributed by atoms with E-state index in [4.69, 9.17) is 4.42 Å². The van der Waals surface area contributed by atoms with Crippen LogP contribution in [0.25, 0.3) is 0 Å². The molecule has 3 rings (SSSR count). The van der Waals surface area contributed by atoms with E-state index >= 15 is 0 Å². The normalized spacial score (nSPS) is 15.5. The van der Waals surface area contributed by atoms with Gasteiger partial charge in [0.25, 0.3) is 5.91 Å². The summed E-state index contributed by atoms with van der Waals surface area (Å²) in [6.07, 6.45) is 4.71. The van der Waals surface area contributed by atoms with Gasteiger partial charge >= 0.3 is 5.88 Å². The Labute approximate surface area is 145 Å². The highest BCUT2D eigenvalue weighted by atomic mass is 16.6. The van der Waals surface area contributed by atoms with Crippen molar-refractivity contribution in [2.24, 2.45) is 0 Å². The van der Waals surface area contributed by atoms with Gasteiger partial charge in [0.05, 0.1) is 6.07 Å². The molecule has 1 aliphatic rings. The highest BCUT2D eigenvalue weighted by Gasteiger charge is 2.25. The minimum Gasteiger partial charge on any atom is -0.395 e. The minimum absolute atomic E-state index is 0.0196. The van der Waals surface area contributed by atoms with E-state index < -0.39 is 10.8 Å². The molecule has 0 unspecified atom stereocenters. The van der Waals surface area contributed by atoms with E-state index in [1.807, 2.05) is 12.4 Å². The first-order valence-corrected chi connectivity index (χ1v) is 8.34. The van der Waals surface area contributed by atoms with E-state index in [1.54, 1.807) is 4.90 Å². The Kier molecular flexibility index (Phi) is 5.13. The number of imidazole rings is 1. The second-order valence-corrected chi connectivity index (χ2v) is 5.92. The molecule has 0 radical (unpaired) electrons. The van der Waals surface area contributed by atoms with Crippen molar-refractivity contribution in [1.29, 1.82) is 0 Å². The van der Waals surface area contributed by atoms with Crippen molar-refractivity contribution >= 4 is 11.8 Å². The second kappa shape index (κ2) is 7.47. The summed E-state index contributed by atoms with van der Waals surface area (Å²) >= 11 is 0. The number of aromatic nitrogens is 2. The standard InChI is InChI=1S/C16H21N5O4/c1-2-14-17-5-6-19(14)10-7-18-8-11-20(12-9-18)16(22)13-3-4-15(25-13)21(23)24/h3-6H,2,7-12H2,1H3. The first kappa shape index (κ1) is 17.2. The molecule has 2 aromatic heterocycles. The molecule has 1 saturated heterocycles. The Morgan fingerprint density at radius 1 is 1.28 bits per heavy atom. The summed E-state index contributed by atoms with van der Waals surface area (Å²) in [6.45, 7) is 6.56. The summed E-state index contributed by atoms with van der Waals surface area (Å²) < 4.78 is 7.15. The Bertz CT molecular complexity index is 745. The van der Waals surface area contributed by atoms with Crippen molar-refractivity contribution in [2.45, 2.75) is 19.9 Å². The van der Waals surface area contributed by atoms with E-state index in [0.717, 1.165) is 38.4 Å². The molecule has 0 atom stereocenters. The van der Waals surface area contributed by atoms with E-state index in [1.165, 1.54) is 12.1 Å². The number of rotatable bonds is 6. The van der Waals surface area contributed by atoms with Crippen LogP contribution in [0, 0.1) is 10.1 Å². The summed E-state index contributed by atoms with van der Waals surface area (Å²) in [6, 6.07) is 2.57. The predicted molar refractivity (Wildman–Crippen MR) is 89.3 cm³/mol. The Hall–Kier alpha value is -2.68. The first-order valence-electron chi connectivity index (χ1n) is 8.34. The van der Waals surface area contributed by atoms with Gasteiger partial charge < -0.3 is 13.9 Å². The van der Waals surface area contributed by atoms with Gasteiger partial charge in [-0.15, -0.1) is 0 Å². The summed E-state index contributed by atoms with van der Waals surface area (Å²) in [7, 11) is 0. The fourth-order valence-corrected chi connectivity index (χ4v) is 2.98. The van der Waals surface area contributed by atoms with Gasteiger partial charge in [-0.1, -0.05) is 6.92 Å². The number of nitro groups is 1. The lowest BCUT2D eigenvalue weighted by atomic mass is 10.3. The number of nitrogens with zero attached hydrogens (tertiary/aromatic N) is 5. The zero-order valence-electron chi connectivity index (χ0n) is 14.1. The zero-order chi connectivity index (χ0) is 17.8. The van der Waals surface area contributed by atoms with E-state index in [2.05, 4.69) is 21.4 Å². The molecule has 3 heterocycles. The maximum absolute atomic E-state index is 12.3. The molecule has 0 aromatic carbocycles. The maximum Gasteiger partial charge on any atom is 0.433 e. The van der Waals surface area contributed by atoms with Gasteiger partial charge in [-0.05, 0) is 6.07 Å². The molecule has 0 saturated carbocycles. The number of piperazine rings is 1. The van der Waals surface area contributed by atoms with Crippen LogP contribution in [0.3, 0.4) is 0 Å². The Balaban J connectivity index is 1.49. The molecule has 1 aliphatic heterocycles. The third kappa shape index (κ3) is 3.87. The van der Waals surface area contributed by atoms with E-state index in [9.17, 15) is 14.9 Å². The average molecular weight is 347 g/mol. The van der Waals surface area contributed by atoms with Crippen molar-refractivity contribution < 1.29 is 14.1 Å². The fourth-order valence-electron chi connectivity index (χ4n) is 2.98. The predicted octanol–water partition coefficient (Wildman–Crippen LogP) is 1.40. The molecule has 9 nitrogen and oxygen atoms in total. The van der Waals surface area contributed by atoms with Crippen molar-refractivity contribution in [3.63, 3.8) is 0 Å². The number of hydrogen-bond donors (Lipinski definition) is 0. The van der Waals surface area contributed by atoms with Gasteiger partial charge in [0, 0.05) is 58.1 Å². The number of carbonyl (C=O) groups excluding carboxylic acids is 1. The lowest BCUT2D eigenvalue weighted by Gasteiger charge is -2.34. The molecule has 1 amide bonds. The molecule has 25 heavy (non-hydrogen) atoms. The zero-order valence-corrected chi connectivity index (χ0v) is 14.1. The molecule has 9 heteroatoms. The van der Waals surface area contributed by atoms with E-state index in [0.29, 0.717) is 13.1 Å². The van der Waals surface area contributed by atoms with Gasteiger partial charge in [0.15, 0.2) is 5.76 Å². The van der Waals surface area contributed by atoms with Crippen LogP contribution in [0.1, 0.15) is 23.3 Å². The first-order chi connectivity index (χ1) is 12.1. The van der Waals surface area contributed by atoms with Crippen LogP contribution in [-0.2, 0) is 13.0 Å². The topological polar surface area (TPSA) is 97.7 Å². The molecular formula is C16H21N5O4. The number of furan rings is 1. The molecule has 1 fully saturated rings. The smallest absolute Gasteiger partial charge is 0.395 e. The summed E-state index contributed by atoms with van der Waals surface area (Å²) in [5, 5.41) is 10.6. The quantitative estimate of drug-likeness (QED) is 0.579. The second-order valence-electron chi connectivity index (χ2n) is 5.92. The van der Waals surface area contributed by atoms with Crippen molar-refractivity contribution in [3.05, 3.63) is 46.2 Å². The molecule has 0 spiro atoms. The lowest BCUT2D eigenvalue weighted by molar-refractivity contribution is -0.402. The van der Waals surface area contributed by atoms with Crippen LogP contribution >= 0.6 is 0 Å². The van der Waals surface area contributed by atoms with Crippen molar-refractivity contribution in [2.75, 3.05) is 32.7 Å². The molecule has 134 valence electrons. The van der Waals surface area contributed by atoms with Crippen LogP contribution in [0.5, 0.6) is 0 Å². The van der Waals surface area contributed by atoms with Gasteiger partial charge in [-0.2, -0.15) is 0 Å². The van der Waals surface area contributed by atoms with Gasteiger partial charge in [0.1, 0.15) is 10.7 Å². The maximum atomic E-state index is 12.3. The summed E-state index contributed by atoms with van der Waals surface area (Å²) in [5.74, 6) is 0.393. The van der Waals surface area contributed by atoms with Crippen LogP contribution < -0.4 is 0 Å². The minimum atomic E-state index is -0.643. The Morgan fingerprint density at radius 2 is 2.04 bits per heavy atom.